The maximum absolute atomic E-state index is 5.98. The number of hydroxylamine groups is 1. The molecule has 1 saturated heterocycles. The molecule has 1 saturated carbocycles. The first-order chi connectivity index (χ1) is 10.5. The molecule has 1 N–H and O–H groups in total. The third kappa shape index (κ3) is 2.42. The lowest BCUT2D eigenvalue weighted by atomic mass is 9.68. The Labute approximate surface area is 131 Å². The highest BCUT2D eigenvalue weighted by molar-refractivity contribution is 5.98. The highest BCUT2D eigenvalue weighted by Crippen LogP contribution is 2.52. The van der Waals surface area contributed by atoms with Crippen LogP contribution < -0.4 is 5.48 Å². The third-order valence-electron chi connectivity index (χ3n) is 5.27. The second kappa shape index (κ2) is 4.77. The Bertz CT molecular complexity index is 589. The Balaban J connectivity index is 1.49. The van der Waals surface area contributed by atoms with Crippen LogP contribution >= 0.6 is 0 Å². The highest BCUT2D eigenvalue weighted by Gasteiger charge is 2.51. The standard InChI is InChI=1S/C17H23N3O2/c1-15(2)11-16(12-21-15)5-7-17(8-6-16)19-14(20-22-17)13-3-9-18-10-4-13/h3-4,9-10H,5-8,11-12H2,1-2H3,(H,19,20). The van der Waals surface area contributed by atoms with Gasteiger partial charge in [0.2, 0.25) is 0 Å². The molecule has 2 fully saturated rings. The van der Waals surface area contributed by atoms with Crippen LogP contribution in [0, 0.1) is 5.41 Å². The van der Waals surface area contributed by atoms with Gasteiger partial charge in [-0.25, -0.2) is 15.3 Å². The third-order valence-corrected chi connectivity index (χ3v) is 5.27. The van der Waals surface area contributed by atoms with Crippen molar-refractivity contribution in [1.29, 1.82) is 0 Å². The van der Waals surface area contributed by atoms with E-state index >= 15 is 0 Å². The number of rotatable bonds is 1. The molecule has 0 radical (unpaired) electrons. The van der Waals surface area contributed by atoms with Crippen LogP contribution in [0.25, 0.3) is 0 Å². The van der Waals surface area contributed by atoms with Crippen molar-refractivity contribution in [2.75, 3.05) is 6.61 Å². The lowest BCUT2D eigenvalue weighted by Crippen LogP contribution is -2.40. The van der Waals surface area contributed by atoms with Crippen molar-refractivity contribution in [3.8, 4) is 0 Å². The summed E-state index contributed by atoms with van der Waals surface area (Å²) in [6.45, 7) is 5.27. The zero-order valence-electron chi connectivity index (χ0n) is 13.3. The molecule has 5 nitrogen and oxygen atoms in total. The van der Waals surface area contributed by atoms with Gasteiger partial charge in [-0.05, 0) is 50.7 Å². The fraction of sp³-hybridized carbons (Fsp3) is 0.647. The SMILES string of the molecule is CC1(C)CC2(CCC3(CC2)N=C(c2ccncc2)NO3)CO1. The van der Waals surface area contributed by atoms with Gasteiger partial charge in [0.05, 0.1) is 12.2 Å². The number of amidine groups is 1. The van der Waals surface area contributed by atoms with Gasteiger partial charge in [0, 0.05) is 30.8 Å². The number of nitrogens with zero attached hydrogens (tertiary/aromatic N) is 2. The number of aromatic nitrogens is 1. The Morgan fingerprint density at radius 1 is 1.09 bits per heavy atom. The number of hydrogen-bond acceptors (Lipinski definition) is 5. The first-order valence-corrected chi connectivity index (χ1v) is 8.08. The molecule has 0 bridgehead atoms. The number of ether oxygens (including phenoxy) is 1. The van der Waals surface area contributed by atoms with Gasteiger partial charge < -0.3 is 4.74 Å². The summed E-state index contributed by atoms with van der Waals surface area (Å²) in [6, 6.07) is 3.90. The Morgan fingerprint density at radius 3 is 2.45 bits per heavy atom. The largest absolute Gasteiger partial charge is 0.375 e. The van der Waals surface area contributed by atoms with E-state index in [4.69, 9.17) is 14.6 Å². The molecule has 2 aliphatic heterocycles. The lowest BCUT2D eigenvalue weighted by molar-refractivity contribution is -0.0975. The molecule has 22 heavy (non-hydrogen) atoms. The molecule has 4 rings (SSSR count). The van der Waals surface area contributed by atoms with Gasteiger partial charge in [-0.1, -0.05) is 0 Å². The van der Waals surface area contributed by atoms with Gasteiger partial charge in [0.25, 0.3) is 0 Å². The lowest BCUT2D eigenvalue weighted by Gasteiger charge is -2.39. The number of pyridine rings is 1. The van der Waals surface area contributed by atoms with E-state index in [9.17, 15) is 0 Å². The minimum Gasteiger partial charge on any atom is -0.375 e. The topological polar surface area (TPSA) is 55.7 Å². The molecule has 0 amide bonds. The summed E-state index contributed by atoms with van der Waals surface area (Å²) in [4.78, 5) is 14.8. The number of aliphatic imine (C=N–C) groups is 1. The molecule has 1 aliphatic carbocycles. The van der Waals surface area contributed by atoms with Gasteiger partial charge in [0.15, 0.2) is 11.6 Å². The second-order valence-corrected chi connectivity index (χ2v) is 7.57. The maximum atomic E-state index is 5.98. The van der Waals surface area contributed by atoms with Crippen LogP contribution in [0.5, 0.6) is 0 Å². The van der Waals surface area contributed by atoms with E-state index in [0.717, 1.165) is 50.1 Å². The average molecular weight is 301 g/mol. The molecule has 0 aromatic carbocycles. The van der Waals surface area contributed by atoms with Crippen LogP contribution in [0.2, 0.25) is 0 Å². The summed E-state index contributed by atoms with van der Waals surface area (Å²) in [5, 5.41) is 0. The highest BCUT2D eigenvalue weighted by atomic mass is 16.7. The van der Waals surface area contributed by atoms with E-state index in [1.807, 2.05) is 12.1 Å². The van der Waals surface area contributed by atoms with Crippen molar-refractivity contribution in [1.82, 2.24) is 10.5 Å². The van der Waals surface area contributed by atoms with Crippen molar-refractivity contribution < 1.29 is 9.57 Å². The van der Waals surface area contributed by atoms with Crippen LogP contribution in [0.15, 0.2) is 29.5 Å². The van der Waals surface area contributed by atoms with Crippen molar-refractivity contribution >= 4 is 5.84 Å². The number of nitrogens with one attached hydrogen (secondary N) is 1. The first kappa shape index (κ1) is 14.2. The van der Waals surface area contributed by atoms with E-state index < -0.39 is 5.72 Å². The molecular formula is C17H23N3O2. The Hall–Kier alpha value is -1.46. The van der Waals surface area contributed by atoms with Crippen molar-refractivity contribution in [3.05, 3.63) is 30.1 Å². The van der Waals surface area contributed by atoms with E-state index in [2.05, 4.69) is 24.3 Å². The predicted molar refractivity (Wildman–Crippen MR) is 83.3 cm³/mol. The van der Waals surface area contributed by atoms with Crippen LogP contribution in [-0.2, 0) is 9.57 Å². The van der Waals surface area contributed by atoms with Gasteiger partial charge in [-0.15, -0.1) is 0 Å². The molecule has 3 aliphatic rings. The van der Waals surface area contributed by atoms with E-state index in [-0.39, 0.29) is 5.60 Å². The van der Waals surface area contributed by atoms with E-state index in [0.29, 0.717) is 5.41 Å². The molecular weight excluding hydrogens is 278 g/mol. The van der Waals surface area contributed by atoms with Crippen LogP contribution in [0.3, 0.4) is 0 Å². The van der Waals surface area contributed by atoms with E-state index in [1.54, 1.807) is 12.4 Å². The summed E-state index contributed by atoms with van der Waals surface area (Å²) in [5.74, 6) is 0.821. The van der Waals surface area contributed by atoms with Gasteiger partial charge >= 0.3 is 0 Å². The molecule has 5 heteroatoms. The predicted octanol–water partition coefficient (Wildman–Crippen LogP) is 2.82. The molecule has 3 heterocycles. The van der Waals surface area contributed by atoms with Crippen LogP contribution in [0.4, 0.5) is 0 Å². The Morgan fingerprint density at radius 2 is 1.82 bits per heavy atom. The molecule has 1 aromatic heterocycles. The van der Waals surface area contributed by atoms with Gasteiger partial charge in [0.1, 0.15) is 0 Å². The van der Waals surface area contributed by atoms with Gasteiger partial charge in [-0.2, -0.15) is 0 Å². The molecule has 1 aromatic rings. The second-order valence-electron chi connectivity index (χ2n) is 7.57. The number of hydrogen-bond donors (Lipinski definition) is 1. The smallest absolute Gasteiger partial charge is 0.187 e. The maximum Gasteiger partial charge on any atom is 0.187 e. The first-order valence-electron chi connectivity index (χ1n) is 8.08. The monoisotopic (exact) mass is 301 g/mol. The van der Waals surface area contributed by atoms with Gasteiger partial charge in [-0.3, -0.25) is 4.98 Å². The summed E-state index contributed by atoms with van der Waals surface area (Å²) in [6.07, 6.45) is 8.83. The van der Waals surface area contributed by atoms with Crippen LogP contribution in [-0.4, -0.2) is 28.8 Å². The summed E-state index contributed by atoms with van der Waals surface area (Å²) < 4.78 is 5.98. The molecule has 0 atom stereocenters. The quantitative estimate of drug-likeness (QED) is 0.866. The minimum atomic E-state index is -0.392. The fourth-order valence-electron chi connectivity index (χ4n) is 4.09. The molecule has 118 valence electrons. The van der Waals surface area contributed by atoms with Crippen LogP contribution in [0.1, 0.15) is 51.5 Å². The van der Waals surface area contributed by atoms with E-state index in [1.165, 1.54) is 0 Å². The Kier molecular flexibility index (Phi) is 3.07. The minimum absolute atomic E-state index is 0.0186. The summed E-state index contributed by atoms with van der Waals surface area (Å²) in [5.41, 5.74) is 4.00. The zero-order chi connectivity index (χ0) is 15.3. The van der Waals surface area contributed by atoms with Crippen molar-refractivity contribution in [2.45, 2.75) is 57.3 Å². The molecule has 2 spiro atoms. The molecule has 0 unspecified atom stereocenters. The normalized spacial score (nSPS) is 36.5. The van der Waals surface area contributed by atoms with Crippen molar-refractivity contribution in [2.24, 2.45) is 10.4 Å². The van der Waals surface area contributed by atoms with Crippen molar-refractivity contribution in [3.63, 3.8) is 0 Å². The average Bonchev–Trinajstić information content (AvgIpc) is 3.06. The fourth-order valence-corrected chi connectivity index (χ4v) is 4.09. The summed E-state index contributed by atoms with van der Waals surface area (Å²) in [7, 11) is 0. The zero-order valence-corrected chi connectivity index (χ0v) is 13.3. The summed E-state index contributed by atoms with van der Waals surface area (Å²) >= 11 is 0.